The summed E-state index contributed by atoms with van der Waals surface area (Å²) in [4.78, 5) is 6.35. The van der Waals surface area contributed by atoms with Gasteiger partial charge in [-0.3, -0.25) is 4.68 Å². The summed E-state index contributed by atoms with van der Waals surface area (Å²) >= 11 is 1.85. The summed E-state index contributed by atoms with van der Waals surface area (Å²) in [6.07, 6.45) is 6.68. The summed E-state index contributed by atoms with van der Waals surface area (Å²) in [5.74, 6) is 0. The summed E-state index contributed by atoms with van der Waals surface area (Å²) in [6.45, 7) is 2.15. The maximum atomic E-state index is 4.90. The number of aryl methyl sites for hydroxylation is 3. The minimum atomic E-state index is 0.426. The van der Waals surface area contributed by atoms with E-state index in [1.165, 1.54) is 35.4 Å². The van der Waals surface area contributed by atoms with Crippen LogP contribution in [0.15, 0.2) is 6.20 Å². The Morgan fingerprint density at radius 3 is 3.11 bits per heavy atom. The second-order valence-electron chi connectivity index (χ2n) is 5.08. The SMILES string of the molecule is CCc1nn(C)cc1-c1nc2c(s1)CCCC2NC. The molecule has 2 heterocycles. The molecule has 1 aliphatic rings. The van der Waals surface area contributed by atoms with E-state index in [9.17, 15) is 0 Å². The van der Waals surface area contributed by atoms with Crippen molar-refractivity contribution in [3.8, 4) is 10.6 Å². The average Bonchev–Trinajstić information content (AvgIpc) is 3.00. The summed E-state index contributed by atoms with van der Waals surface area (Å²) in [5.41, 5.74) is 3.62. The Kier molecular flexibility index (Phi) is 3.41. The van der Waals surface area contributed by atoms with E-state index in [-0.39, 0.29) is 0 Å². The van der Waals surface area contributed by atoms with Crippen LogP contribution in [0.25, 0.3) is 10.6 Å². The maximum Gasteiger partial charge on any atom is 0.127 e. The van der Waals surface area contributed by atoms with E-state index in [0.29, 0.717) is 6.04 Å². The van der Waals surface area contributed by atoms with Crippen LogP contribution < -0.4 is 5.32 Å². The van der Waals surface area contributed by atoms with Gasteiger partial charge in [-0.25, -0.2) is 4.98 Å². The van der Waals surface area contributed by atoms with Gasteiger partial charge in [0.15, 0.2) is 0 Å². The Labute approximate surface area is 117 Å². The molecular weight excluding hydrogens is 256 g/mol. The van der Waals surface area contributed by atoms with E-state index in [1.54, 1.807) is 0 Å². The lowest BCUT2D eigenvalue weighted by atomic mass is 9.98. The van der Waals surface area contributed by atoms with Gasteiger partial charge in [-0.05, 0) is 32.7 Å². The third-order valence-electron chi connectivity index (χ3n) is 3.77. The fraction of sp³-hybridized carbons (Fsp3) is 0.571. The first-order valence-corrected chi connectivity index (χ1v) is 7.74. The highest BCUT2D eigenvalue weighted by molar-refractivity contribution is 7.15. The molecule has 1 atom stereocenters. The van der Waals surface area contributed by atoms with E-state index in [4.69, 9.17) is 4.98 Å². The molecule has 0 aliphatic heterocycles. The van der Waals surface area contributed by atoms with Crippen molar-refractivity contribution in [1.29, 1.82) is 0 Å². The van der Waals surface area contributed by atoms with Crippen LogP contribution in [0.1, 0.15) is 42.1 Å². The normalized spacial score (nSPS) is 18.6. The molecule has 19 heavy (non-hydrogen) atoms. The molecule has 4 nitrogen and oxygen atoms in total. The van der Waals surface area contributed by atoms with Crippen molar-refractivity contribution in [2.75, 3.05) is 7.05 Å². The molecule has 0 bridgehead atoms. The van der Waals surface area contributed by atoms with E-state index >= 15 is 0 Å². The second kappa shape index (κ2) is 5.06. The van der Waals surface area contributed by atoms with Crippen LogP contribution in [0.2, 0.25) is 0 Å². The van der Waals surface area contributed by atoms with Gasteiger partial charge in [-0.1, -0.05) is 6.92 Å². The van der Waals surface area contributed by atoms with E-state index in [0.717, 1.165) is 17.1 Å². The van der Waals surface area contributed by atoms with Crippen LogP contribution in [0.4, 0.5) is 0 Å². The van der Waals surface area contributed by atoms with Gasteiger partial charge in [0.2, 0.25) is 0 Å². The van der Waals surface area contributed by atoms with Crippen LogP contribution in [-0.4, -0.2) is 21.8 Å². The molecule has 5 heteroatoms. The molecule has 1 aliphatic carbocycles. The molecule has 0 aromatic carbocycles. The second-order valence-corrected chi connectivity index (χ2v) is 6.16. The molecule has 0 amide bonds. The fourth-order valence-electron chi connectivity index (χ4n) is 2.79. The lowest BCUT2D eigenvalue weighted by Gasteiger charge is -2.19. The number of hydrogen-bond acceptors (Lipinski definition) is 4. The number of thiazole rings is 1. The molecule has 1 unspecified atom stereocenters. The van der Waals surface area contributed by atoms with Crippen LogP contribution in [0.3, 0.4) is 0 Å². The van der Waals surface area contributed by atoms with E-state index in [2.05, 4.69) is 23.5 Å². The molecule has 0 radical (unpaired) electrons. The zero-order valence-electron chi connectivity index (χ0n) is 11.7. The first-order chi connectivity index (χ1) is 9.22. The molecule has 0 spiro atoms. The highest BCUT2D eigenvalue weighted by Crippen LogP contribution is 2.37. The Hall–Kier alpha value is -1.20. The predicted octanol–water partition coefficient (Wildman–Crippen LogP) is 2.70. The molecule has 1 N–H and O–H groups in total. The van der Waals surface area contributed by atoms with Gasteiger partial charge in [-0.15, -0.1) is 11.3 Å². The molecule has 2 aromatic rings. The Bertz CT molecular complexity index is 584. The van der Waals surface area contributed by atoms with Gasteiger partial charge in [0.05, 0.1) is 23.0 Å². The number of hydrogen-bond donors (Lipinski definition) is 1. The van der Waals surface area contributed by atoms with Gasteiger partial charge < -0.3 is 5.32 Å². The van der Waals surface area contributed by atoms with Crippen molar-refractivity contribution in [2.45, 2.75) is 38.6 Å². The molecule has 102 valence electrons. The van der Waals surface area contributed by atoms with E-state index in [1.807, 2.05) is 30.1 Å². The summed E-state index contributed by atoms with van der Waals surface area (Å²) in [6, 6.07) is 0.426. The smallest absolute Gasteiger partial charge is 0.127 e. The Morgan fingerprint density at radius 1 is 1.53 bits per heavy atom. The standard InChI is InChI=1S/C14H20N4S/c1-4-10-9(8-18(3)17-10)14-16-13-11(15-2)6-5-7-12(13)19-14/h8,11,15H,4-7H2,1-3H3. The minimum absolute atomic E-state index is 0.426. The predicted molar refractivity (Wildman–Crippen MR) is 78.4 cm³/mol. The zero-order valence-corrected chi connectivity index (χ0v) is 12.5. The van der Waals surface area contributed by atoms with Gasteiger partial charge in [0.25, 0.3) is 0 Å². The van der Waals surface area contributed by atoms with Gasteiger partial charge >= 0.3 is 0 Å². The van der Waals surface area contributed by atoms with Crippen LogP contribution >= 0.6 is 11.3 Å². The zero-order chi connectivity index (χ0) is 13.4. The van der Waals surface area contributed by atoms with Gasteiger partial charge in [-0.2, -0.15) is 5.10 Å². The van der Waals surface area contributed by atoms with Gasteiger partial charge in [0.1, 0.15) is 5.01 Å². The number of fused-ring (bicyclic) bond motifs is 1. The molecular formula is C14H20N4S. The summed E-state index contributed by atoms with van der Waals surface area (Å²) in [7, 11) is 4.01. The molecule has 2 aromatic heterocycles. The lowest BCUT2D eigenvalue weighted by molar-refractivity contribution is 0.490. The molecule has 3 rings (SSSR count). The maximum absolute atomic E-state index is 4.90. The van der Waals surface area contributed by atoms with E-state index < -0.39 is 0 Å². The van der Waals surface area contributed by atoms with Crippen molar-refractivity contribution in [2.24, 2.45) is 7.05 Å². The van der Waals surface area contributed by atoms with Crippen LogP contribution in [0, 0.1) is 0 Å². The monoisotopic (exact) mass is 276 g/mol. The summed E-state index contributed by atoms with van der Waals surface area (Å²) in [5, 5.41) is 9.04. The molecule has 0 saturated carbocycles. The third kappa shape index (κ3) is 2.21. The Balaban J connectivity index is 2.04. The molecule has 0 fully saturated rings. The average molecular weight is 276 g/mol. The number of nitrogens with zero attached hydrogens (tertiary/aromatic N) is 3. The first kappa shape index (κ1) is 12.8. The first-order valence-electron chi connectivity index (χ1n) is 6.92. The minimum Gasteiger partial charge on any atom is -0.312 e. The number of aromatic nitrogens is 3. The third-order valence-corrected chi connectivity index (χ3v) is 4.94. The van der Waals surface area contributed by atoms with Crippen molar-refractivity contribution < 1.29 is 0 Å². The molecule has 0 saturated heterocycles. The number of nitrogens with one attached hydrogen (secondary N) is 1. The fourth-order valence-corrected chi connectivity index (χ4v) is 3.99. The van der Waals surface area contributed by atoms with Crippen molar-refractivity contribution in [3.63, 3.8) is 0 Å². The number of rotatable bonds is 3. The topological polar surface area (TPSA) is 42.7 Å². The lowest BCUT2D eigenvalue weighted by Crippen LogP contribution is -2.21. The Morgan fingerprint density at radius 2 is 2.37 bits per heavy atom. The summed E-state index contributed by atoms with van der Waals surface area (Å²) < 4.78 is 1.89. The van der Waals surface area contributed by atoms with Crippen molar-refractivity contribution in [1.82, 2.24) is 20.1 Å². The largest absolute Gasteiger partial charge is 0.312 e. The van der Waals surface area contributed by atoms with Crippen molar-refractivity contribution >= 4 is 11.3 Å². The highest BCUT2D eigenvalue weighted by Gasteiger charge is 2.24. The van der Waals surface area contributed by atoms with Crippen LogP contribution in [0.5, 0.6) is 0 Å². The van der Waals surface area contributed by atoms with Crippen molar-refractivity contribution in [3.05, 3.63) is 22.5 Å². The van der Waals surface area contributed by atoms with Gasteiger partial charge in [0, 0.05) is 18.1 Å². The quantitative estimate of drug-likeness (QED) is 0.937. The van der Waals surface area contributed by atoms with Crippen LogP contribution in [-0.2, 0) is 19.9 Å². The highest BCUT2D eigenvalue weighted by atomic mass is 32.1.